The molecule has 4 aromatic rings. The molecular formula is C31H29F4N3O5S. The Morgan fingerprint density at radius 2 is 2.00 bits per heavy atom. The van der Waals surface area contributed by atoms with Gasteiger partial charge in [0.05, 0.1) is 30.1 Å². The van der Waals surface area contributed by atoms with Crippen LogP contribution >= 0.6 is 11.3 Å². The molecular weight excluding hydrogens is 602 g/mol. The first-order valence-electron chi connectivity index (χ1n) is 14.3. The summed E-state index contributed by atoms with van der Waals surface area (Å²) >= 11 is 1.15. The molecule has 0 amide bonds. The highest BCUT2D eigenvalue weighted by Crippen LogP contribution is 2.46. The lowest BCUT2D eigenvalue weighted by atomic mass is 9.81. The Kier molecular flexibility index (Phi) is 8.68. The molecule has 0 radical (unpaired) electrons. The van der Waals surface area contributed by atoms with Gasteiger partial charge in [0.15, 0.2) is 5.82 Å². The first-order chi connectivity index (χ1) is 21.2. The molecule has 232 valence electrons. The number of methoxy groups -OCH3 is 1. The van der Waals surface area contributed by atoms with Crippen LogP contribution in [0.15, 0.2) is 45.9 Å². The van der Waals surface area contributed by atoms with E-state index in [0.717, 1.165) is 55.9 Å². The summed E-state index contributed by atoms with van der Waals surface area (Å²) in [7, 11) is 1.23. The minimum absolute atomic E-state index is 0.0944. The molecule has 0 bridgehead atoms. The van der Waals surface area contributed by atoms with E-state index in [9.17, 15) is 22.4 Å². The molecule has 2 aromatic heterocycles. The molecule has 0 saturated heterocycles. The van der Waals surface area contributed by atoms with Crippen molar-refractivity contribution in [3.8, 4) is 17.0 Å². The molecule has 44 heavy (non-hydrogen) atoms. The quantitative estimate of drug-likeness (QED) is 0.0879. The van der Waals surface area contributed by atoms with Crippen LogP contribution < -0.4 is 4.74 Å². The zero-order chi connectivity index (χ0) is 30.8. The third kappa shape index (κ3) is 6.94. The number of fused-ring (bicyclic) bond motifs is 1. The van der Waals surface area contributed by atoms with E-state index in [1.54, 1.807) is 12.3 Å². The fraction of sp³-hybridized carbons (Fsp3) is 0.419. The number of alkyl halides is 3. The second-order valence-electron chi connectivity index (χ2n) is 11.0. The number of rotatable bonds is 12. The van der Waals surface area contributed by atoms with Gasteiger partial charge in [-0.2, -0.15) is 0 Å². The molecule has 0 N–H and O–H groups in total. The lowest BCUT2D eigenvalue weighted by Gasteiger charge is -2.29. The summed E-state index contributed by atoms with van der Waals surface area (Å²) in [5.41, 5.74) is 1.28. The van der Waals surface area contributed by atoms with Crippen molar-refractivity contribution in [1.29, 1.82) is 0 Å². The number of esters is 1. The number of hydrogen-bond acceptors (Lipinski definition) is 9. The number of para-hydroxylation sites is 1. The lowest BCUT2D eigenvalue weighted by molar-refractivity contribution is -0.274. The number of ether oxygens (including phenoxy) is 3. The number of aromatic nitrogens is 2. The Morgan fingerprint density at radius 3 is 2.70 bits per heavy atom. The van der Waals surface area contributed by atoms with Crippen molar-refractivity contribution in [2.24, 2.45) is 10.9 Å². The number of aliphatic imine (C=N–C) groups is 1. The van der Waals surface area contributed by atoms with Crippen molar-refractivity contribution < 1.29 is 41.1 Å². The lowest BCUT2D eigenvalue weighted by Crippen LogP contribution is -2.22. The summed E-state index contributed by atoms with van der Waals surface area (Å²) in [5, 5.41) is 4.50. The summed E-state index contributed by atoms with van der Waals surface area (Å²) in [6, 6.07) is 8.47. The number of halogens is 4. The number of nitrogens with zero attached hydrogens (tertiary/aromatic N) is 3. The molecule has 2 heterocycles. The second-order valence-corrected chi connectivity index (χ2v) is 12.0. The van der Waals surface area contributed by atoms with Gasteiger partial charge in [0.25, 0.3) is 0 Å². The van der Waals surface area contributed by atoms with Gasteiger partial charge in [0.2, 0.25) is 5.13 Å². The number of hydrogen-bond donors (Lipinski definition) is 0. The van der Waals surface area contributed by atoms with Crippen LogP contribution in [0.1, 0.15) is 72.5 Å². The predicted molar refractivity (Wildman–Crippen MR) is 155 cm³/mol. The van der Waals surface area contributed by atoms with E-state index < -0.39 is 18.1 Å². The van der Waals surface area contributed by atoms with Crippen LogP contribution in [0.25, 0.3) is 21.5 Å². The standard InChI is InChI=1S/C31H29F4N3O5S/c1-40-29(39)19-14-23(32)27-25(15-19)44-30(37-27)36-12-11-20(13-17-5-4-6-17)41-16-22-26(38-43-28(22)18-9-10-18)21-7-2-3-8-24(21)42-31(33,34)35/h2-3,7-8,12,14-15,17-18,20H,4-6,9-11,13,16H2,1H3/b36-12+/t20-/m1/s1. The van der Waals surface area contributed by atoms with Gasteiger partial charge in [-0.15, -0.1) is 13.2 Å². The van der Waals surface area contributed by atoms with E-state index >= 15 is 0 Å². The van der Waals surface area contributed by atoms with Crippen LogP contribution in [-0.4, -0.2) is 41.9 Å². The normalized spacial score (nSPS) is 16.4. The number of benzene rings is 2. The minimum atomic E-state index is -4.86. The summed E-state index contributed by atoms with van der Waals surface area (Å²) in [5.74, 6) is -0.354. The van der Waals surface area contributed by atoms with Gasteiger partial charge < -0.3 is 18.7 Å². The Balaban J connectivity index is 1.21. The third-order valence-corrected chi connectivity index (χ3v) is 8.76. The van der Waals surface area contributed by atoms with Crippen molar-refractivity contribution in [3.63, 3.8) is 0 Å². The third-order valence-electron chi connectivity index (χ3n) is 7.85. The van der Waals surface area contributed by atoms with Crippen LogP contribution in [0.3, 0.4) is 0 Å². The Morgan fingerprint density at radius 1 is 1.20 bits per heavy atom. The molecule has 1 atom stereocenters. The number of thiazole rings is 1. The summed E-state index contributed by atoms with van der Waals surface area (Å²) in [6.45, 7) is 0.0961. The van der Waals surface area contributed by atoms with E-state index in [1.807, 2.05) is 0 Å². The molecule has 0 spiro atoms. The molecule has 6 rings (SSSR count). The zero-order valence-electron chi connectivity index (χ0n) is 23.7. The van der Waals surface area contributed by atoms with Crippen LogP contribution in [0.5, 0.6) is 5.75 Å². The molecule has 13 heteroatoms. The fourth-order valence-electron chi connectivity index (χ4n) is 5.27. The van der Waals surface area contributed by atoms with Gasteiger partial charge in [-0.3, -0.25) is 0 Å². The van der Waals surface area contributed by atoms with E-state index in [4.69, 9.17) is 9.26 Å². The molecule has 2 saturated carbocycles. The van der Waals surface area contributed by atoms with E-state index in [1.165, 1.54) is 31.4 Å². The van der Waals surface area contributed by atoms with E-state index in [2.05, 4.69) is 24.6 Å². The van der Waals surface area contributed by atoms with Gasteiger partial charge >= 0.3 is 12.3 Å². The maximum atomic E-state index is 14.6. The van der Waals surface area contributed by atoms with Gasteiger partial charge in [-0.25, -0.2) is 19.2 Å². The maximum absolute atomic E-state index is 14.6. The second kappa shape index (κ2) is 12.6. The SMILES string of the molecule is COC(=O)c1cc(F)c2nc(/N=C/C[C@H](CC3CCC3)OCc3c(-c4ccccc4OC(F)(F)F)noc3C3CC3)sc2c1. The Labute approximate surface area is 254 Å². The minimum Gasteiger partial charge on any atom is -0.465 e. The Hall–Kier alpha value is -3.84. The largest absolute Gasteiger partial charge is 0.573 e. The topological polar surface area (TPSA) is 96.0 Å². The van der Waals surface area contributed by atoms with Gasteiger partial charge in [0, 0.05) is 29.7 Å². The summed E-state index contributed by atoms with van der Waals surface area (Å²) in [4.78, 5) is 20.6. The monoisotopic (exact) mass is 631 g/mol. The molecule has 2 aromatic carbocycles. The number of carbonyl (C=O) groups excluding carboxylic acids is 1. The zero-order valence-corrected chi connectivity index (χ0v) is 24.5. The van der Waals surface area contributed by atoms with Crippen molar-refractivity contribution in [3.05, 3.63) is 59.1 Å². The highest BCUT2D eigenvalue weighted by atomic mass is 32.1. The van der Waals surface area contributed by atoms with Crippen molar-refractivity contribution in [1.82, 2.24) is 10.1 Å². The van der Waals surface area contributed by atoms with Crippen LogP contribution in [0.4, 0.5) is 22.7 Å². The molecule has 2 aliphatic carbocycles. The average Bonchev–Trinajstić information content (AvgIpc) is 3.58. The maximum Gasteiger partial charge on any atom is 0.573 e. The summed E-state index contributed by atoms with van der Waals surface area (Å²) in [6.07, 6.45) is 2.99. The highest BCUT2D eigenvalue weighted by molar-refractivity contribution is 7.22. The van der Waals surface area contributed by atoms with Crippen molar-refractivity contribution in [2.75, 3.05) is 7.11 Å². The highest BCUT2D eigenvalue weighted by Gasteiger charge is 2.36. The molecule has 0 unspecified atom stereocenters. The average molecular weight is 632 g/mol. The van der Waals surface area contributed by atoms with Gasteiger partial charge in [0.1, 0.15) is 22.7 Å². The fourth-order valence-corrected chi connectivity index (χ4v) is 6.15. The van der Waals surface area contributed by atoms with Gasteiger partial charge in [-0.05, 0) is 49.4 Å². The van der Waals surface area contributed by atoms with Crippen LogP contribution in [0.2, 0.25) is 0 Å². The van der Waals surface area contributed by atoms with Gasteiger partial charge in [-0.1, -0.05) is 47.9 Å². The van der Waals surface area contributed by atoms with E-state index in [0.29, 0.717) is 33.5 Å². The molecule has 2 fully saturated rings. The molecule has 8 nitrogen and oxygen atoms in total. The van der Waals surface area contributed by atoms with Crippen molar-refractivity contribution in [2.45, 2.75) is 69.9 Å². The molecule has 2 aliphatic rings. The number of carbonyl (C=O) groups is 1. The van der Waals surface area contributed by atoms with E-state index in [-0.39, 0.29) is 46.7 Å². The first-order valence-corrected chi connectivity index (χ1v) is 15.2. The Bertz CT molecular complexity index is 1680. The van der Waals surface area contributed by atoms with Crippen LogP contribution in [-0.2, 0) is 16.1 Å². The first kappa shape index (κ1) is 30.2. The van der Waals surface area contributed by atoms with Crippen LogP contribution in [0, 0.1) is 11.7 Å². The predicted octanol–water partition coefficient (Wildman–Crippen LogP) is 8.52. The van der Waals surface area contributed by atoms with Crippen molar-refractivity contribution >= 4 is 38.9 Å². The summed E-state index contributed by atoms with van der Waals surface area (Å²) < 4.78 is 75.5. The molecule has 0 aliphatic heterocycles. The smallest absolute Gasteiger partial charge is 0.465 e.